The van der Waals surface area contributed by atoms with Crippen LogP contribution in [0.3, 0.4) is 0 Å². The molecule has 0 aromatic heterocycles. The van der Waals surface area contributed by atoms with E-state index in [1.54, 1.807) is 13.8 Å². The summed E-state index contributed by atoms with van der Waals surface area (Å²) in [6.45, 7) is 2.33. The van der Waals surface area contributed by atoms with Crippen molar-refractivity contribution in [3.63, 3.8) is 0 Å². The summed E-state index contributed by atoms with van der Waals surface area (Å²) in [5.74, 6) is -2.38. The van der Waals surface area contributed by atoms with Crippen LogP contribution in [0.4, 0.5) is 4.39 Å². The first kappa shape index (κ1) is 19.9. The lowest BCUT2D eigenvalue weighted by atomic mass is 9.44. The molecule has 4 N–H and O–H groups in total. The number of carbonyl (C=O) groups excluding carboxylic acids is 2. The van der Waals surface area contributed by atoms with Gasteiger partial charge in [-0.3, -0.25) is 9.59 Å². The van der Waals surface area contributed by atoms with Crippen molar-refractivity contribution in [2.24, 2.45) is 22.7 Å². The van der Waals surface area contributed by atoms with Crippen molar-refractivity contribution in [1.29, 1.82) is 0 Å². The molecule has 3 fully saturated rings. The van der Waals surface area contributed by atoms with Gasteiger partial charge >= 0.3 is 0 Å². The van der Waals surface area contributed by atoms with Crippen molar-refractivity contribution in [3.8, 4) is 0 Å². The molecule has 4 aliphatic rings. The molecular weight excluding hydrogens is 367 g/mol. The molecule has 0 aromatic carbocycles. The maximum Gasteiger partial charge on any atom is 0.192 e. The Bertz CT molecular complexity index is 807. The molecule has 4 aliphatic carbocycles. The first-order valence-corrected chi connectivity index (χ1v) is 9.82. The van der Waals surface area contributed by atoms with Crippen LogP contribution in [0.25, 0.3) is 0 Å². The number of rotatable bonds is 2. The van der Waals surface area contributed by atoms with E-state index in [2.05, 4.69) is 0 Å². The summed E-state index contributed by atoms with van der Waals surface area (Å²) in [4.78, 5) is 24.2. The Morgan fingerprint density at radius 1 is 1.25 bits per heavy atom. The van der Waals surface area contributed by atoms with Crippen LogP contribution in [0.1, 0.15) is 39.5 Å². The number of aliphatic hydroxyl groups excluding tert-OH is 3. The van der Waals surface area contributed by atoms with Gasteiger partial charge in [0, 0.05) is 16.7 Å². The number of hydrogen-bond acceptors (Lipinski definition) is 6. The standard InChI is InChI=1S/C21H27FO6/c1-18-6-5-12(24)7-11(18)3-4-13-14-8-15(25)21(28,17(27)10-23)19(14,2)9-16(26)20(13,18)22/h5-7,13-16,23,25-26,28H,3-4,8-10H2,1-2H3/t13-,14-,15?,16-,18-,19-,20-,21-/m0/s1. The quantitative estimate of drug-likeness (QED) is 0.546. The predicted molar refractivity (Wildman–Crippen MR) is 96.8 cm³/mol. The Labute approximate surface area is 162 Å². The van der Waals surface area contributed by atoms with Gasteiger partial charge in [-0.05, 0) is 50.7 Å². The Balaban J connectivity index is 1.84. The van der Waals surface area contributed by atoms with E-state index in [1.807, 2.05) is 0 Å². The Kier molecular flexibility index (Phi) is 4.13. The van der Waals surface area contributed by atoms with Crippen LogP contribution in [-0.2, 0) is 9.59 Å². The number of alkyl halides is 1. The Morgan fingerprint density at radius 2 is 1.93 bits per heavy atom. The second-order valence-corrected chi connectivity index (χ2v) is 9.36. The van der Waals surface area contributed by atoms with Gasteiger partial charge < -0.3 is 20.4 Å². The van der Waals surface area contributed by atoms with Gasteiger partial charge in [-0.15, -0.1) is 0 Å². The number of hydrogen-bond donors (Lipinski definition) is 4. The van der Waals surface area contributed by atoms with Crippen LogP contribution >= 0.6 is 0 Å². The molecule has 0 saturated heterocycles. The number of carbonyl (C=O) groups is 2. The molecule has 0 aromatic rings. The maximum atomic E-state index is 16.8. The zero-order valence-electron chi connectivity index (χ0n) is 16.1. The van der Waals surface area contributed by atoms with E-state index in [-0.39, 0.29) is 18.6 Å². The SMILES string of the molecule is C[C@]12C=CC(=O)C=C1CC[C@H]1[C@@H]3CC(O)[C@](O)(C(=O)CO)[C@@]3(C)C[C@H](O)[C@@]12F. The van der Waals surface area contributed by atoms with E-state index in [4.69, 9.17) is 0 Å². The van der Waals surface area contributed by atoms with E-state index in [1.165, 1.54) is 18.2 Å². The highest BCUT2D eigenvalue weighted by Crippen LogP contribution is 2.69. The lowest BCUT2D eigenvalue weighted by molar-refractivity contribution is -0.222. The maximum absolute atomic E-state index is 16.8. The number of aliphatic hydroxyl groups is 4. The largest absolute Gasteiger partial charge is 0.390 e. The fourth-order valence-electron chi connectivity index (χ4n) is 6.85. The number of halogens is 1. The van der Waals surface area contributed by atoms with Crippen molar-refractivity contribution in [2.45, 2.75) is 63.0 Å². The van der Waals surface area contributed by atoms with Crippen molar-refractivity contribution in [2.75, 3.05) is 6.61 Å². The van der Waals surface area contributed by atoms with Crippen LogP contribution in [-0.4, -0.2) is 62.1 Å². The minimum atomic E-state index is -2.23. The van der Waals surface area contributed by atoms with Gasteiger partial charge in [-0.1, -0.05) is 18.6 Å². The predicted octanol–water partition coefficient (Wildman–Crippen LogP) is 0.620. The van der Waals surface area contributed by atoms with Gasteiger partial charge in [0.15, 0.2) is 22.8 Å². The topological polar surface area (TPSA) is 115 Å². The molecule has 28 heavy (non-hydrogen) atoms. The highest BCUT2D eigenvalue weighted by Gasteiger charge is 2.76. The monoisotopic (exact) mass is 394 g/mol. The fourth-order valence-corrected chi connectivity index (χ4v) is 6.85. The van der Waals surface area contributed by atoms with Crippen LogP contribution in [0, 0.1) is 22.7 Å². The molecule has 0 spiro atoms. The van der Waals surface area contributed by atoms with E-state index < -0.39 is 58.5 Å². The molecule has 3 saturated carbocycles. The van der Waals surface area contributed by atoms with E-state index in [0.717, 1.165) is 0 Å². The van der Waals surface area contributed by atoms with E-state index in [9.17, 15) is 30.0 Å². The van der Waals surface area contributed by atoms with Gasteiger partial charge in [-0.25, -0.2) is 4.39 Å². The smallest absolute Gasteiger partial charge is 0.192 e. The highest BCUT2D eigenvalue weighted by atomic mass is 19.1. The molecule has 0 radical (unpaired) electrons. The zero-order valence-corrected chi connectivity index (χ0v) is 16.1. The molecule has 154 valence electrons. The zero-order chi connectivity index (χ0) is 20.7. The number of allylic oxidation sites excluding steroid dienone is 4. The number of Topliss-reactive ketones (excluding diaryl/α,β-unsaturated/α-hetero) is 1. The second-order valence-electron chi connectivity index (χ2n) is 9.36. The molecule has 0 bridgehead atoms. The number of fused-ring (bicyclic) bond motifs is 5. The molecule has 7 heteroatoms. The van der Waals surface area contributed by atoms with Gasteiger partial charge in [0.1, 0.15) is 6.61 Å². The first-order valence-electron chi connectivity index (χ1n) is 9.82. The lowest BCUT2D eigenvalue weighted by Crippen LogP contribution is -2.69. The highest BCUT2D eigenvalue weighted by molar-refractivity contribution is 6.01. The van der Waals surface area contributed by atoms with Gasteiger partial charge in [0.05, 0.1) is 12.2 Å². The number of ketones is 2. The van der Waals surface area contributed by atoms with E-state index >= 15 is 4.39 Å². The Hall–Kier alpha value is -1.41. The summed E-state index contributed by atoms with van der Waals surface area (Å²) < 4.78 is 16.8. The molecule has 8 atom stereocenters. The van der Waals surface area contributed by atoms with Gasteiger partial charge in [-0.2, -0.15) is 0 Å². The second kappa shape index (κ2) is 5.81. The third kappa shape index (κ3) is 2.01. The van der Waals surface area contributed by atoms with Crippen LogP contribution in [0.15, 0.2) is 23.8 Å². The van der Waals surface area contributed by atoms with Crippen LogP contribution in [0.2, 0.25) is 0 Å². The lowest BCUT2D eigenvalue weighted by Gasteiger charge is -2.62. The summed E-state index contributed by atoms with van der Waals surface area (Å²) in [5, 5.41) is 42.1. The third-order valence-electron chi connectivity index (χ3n) is 8.43. The molecule has 6 nitrogen and oxygen atoms in total. The molecule has 0 amide bonds. The first-order chi connectivity index (χ1) is 13.0. The molecule has 0 aliphatic heterocycles. The summed E-state index contributed by atoms with van der Waals surface area (Å²) >= 11 is 0. The summed E-state index contributed by atoms with van der Waals surface area (Å²) in [7, 11) is 0. The normalized spacial score (nSPS) is 52.5. The summed E-state index contributed by atoms with van der Waals surface area (Å²) in [6.07, 6.45) is 1.93. The molecular formula is C21H27FO6. The van der Waals surface area contributed by atoms with Crippen molar-refractivity contribution in [1.82, 2.24) is 0 Å². The average molecular weight is 394 g/mol. The molecule has 1 unspecified atom stereocenters. The summed E-state index contributed by atoms with van der Waals surface area (Å²) in [6, 6.07) is 0. The van der Waals surface area contributed by atoms with Gasteiger partial charge in [0.2, 0.25) is 0 Å². The Morgan fingerprint density at radius 3 is 2.57 bits per heavy atom. The van der Waals surface area contributed by atoms with Crippen molar-refractivity contribution >= 4 is 11.6 Å². The fraction of sp³-hybridized carbons (Fsp3) is 0.714. The van der Waals surface area contributed by atoms with Crippen molar-refractivity contribution < 1.29 is 34.4 Å². The van der Waals surface area contributed by atoms with E-state index in [0.29, 0.717) is 18.4 Å². The van der Waals surface area contributed by atoms with Crippen molar-refractivity contribution in [3.05, 3.63) is 23.8 Å². The molecule has 0 heterocycles. The average Bonchev–Trinajstić information content (AvgIpc) is 2.84. The van der Waals surface area contributed by atoms with Crippen LogP contribution < -0.4 is 0 Å². The third-order valence-corrected chi connectivity index (χ3v) is 8.43. The van der Waals surface area contributed by atoms with Crippen LogP contribution in [0.5, 0.6) is 0 Å². The minimum absolute atomic E-state index is 0.0135. The van der Waals surface area contributed by atoms with Gasteiger partial charge in [0.25, 0.3) is 0 Å². The summed E-state index contributed by atoms with van der Waals surface area (Å²) in [5.41, 5.74) is -6.12. The molecule has 4 rings (SSSR count). The minimum Gasteiger partial charge on any atom is -0.390 e.